The summed E-state index contributed by atoms with van der Waals surface area (Å²) in [6.45, 7) is 0.199. The second-order valence-electron chi connectivity index (χ2n) is 6.94. The lowest BCUT2D eigenvalue weighted by Crippen LogP contribution is -2.37. The lowest BCUT2D eigenvalue weighted by atomic mass is 10.1. The number of amidine groups is 1. The van der Waals surface area contributed by atoms with Gasteiger partial charge in [-0.25, -0.2) is 16.8 Å². The first kappa shape index (κ1) is 22.1. The van der Waals surface area contributed by atoms with Gasteiger partial charge in [0.05, 0.1) is 21.9 Å². The molecule has 2 aliphatic heterocycles. The molecule has 2 aromatic rings. The minimum absolute atomic E-state index is 0.0508. The van der Waals surface area contributed by atoms with Gasteiger partial charge in [-0.15, -0.1) is 4.40 Å². The van der Waals surface area contributed by atoms with Crippen molar-refractivity contribution in [1.82, 2.24) is 4.90 Å². The predicted molar refractivity (Wildman–Crippen MR) is 122 cm³/mol. The number of sulfonamides is 2. The number of fused-ring (bicyclic) bond motifs is 1. The highest BCUT2D eigenvalue weighted by Crippen LogP contribution is 2.22. The van der Waals surface area contributed by atoms with E-state index >= 15 is 0 Å². The molecule has 0 fully saturated rings. The molecule has 2 heterocycles. The molecule has 0 atom stereocenters. The molecule has 166 valence electrons. The molecule has 0 bridgehead atoms. The number of amides is 1. The van der Waals surface area contributed by atoms with Crippen LogP contribution in [0.25, 0.3) is 0 Å². The Kier molecular flexibility index (Phi) is 5.80. The summed E-state index contributed by atoms with van der Waals surface area (Å²) in [6, 6.07) is 12.0. The quantitative estimate of drug-likeness (QED) is 0.660. The SMILES string of the molecule is O=C(Nc1cccc(NS(=O)(=O)c2ccc(Cl)cc2)c1)C1=CN2CCS(=O)(=O)N=C2C=C1. The predicted octanol–water partition coefficient (Wildman–Crippen LogP) is 2.58. The topological polar surface area (TPSA) is 125 Å². The van der Waals surface area contributed by atoms with Crippen molar-refractivity contribution in [2.45, 2.75) is 4.90 Å². The first-order valence-electron chi connectivity index (χ1n) is 9.30. The van der Waals surface area contributed by atoms with Gasteiger partial charge in [0.15, 0.2) is 0 Å². The van der Waals surface area contributed by atoms with Gasteiger partial charge in [0.25, 0.3) is 26.0 Å². The molecule has 4 rings (SSSR count). The molecule has 0 spiro atoms. The summed E-state index contributed by atoms with van der Waals surface area (Å²) in [4.78, 5) is 14.3. The number of carbonyl (C=O) groups excluding carboxylic acids is 1. The molecular weight excluding hydrogens is 476 g/mol. The van der Waals surface area contributed by atoms with Gasteiger partial charge >= 0.3 is 0 Å². The van der Waals surface area contributed by atoms with Crippen LogP contribution in [0.15, 0.2) is 81.7 Å². The van der Waals surface area contributed by atoms with Gasteiger partial charge in [0, 0.05) is 23.5 Å². The van der Waals surface area contributed by atoms with E-state index in [1.165, 1.54) is 48.7 Å². The zero-order valence-corrected chi connectivity index (χ0v) is 18.8. The summed E-state index contributed by atoms with van der Waals surface area (Å²) in [5, 5.41) is 3.12. The van der Waals surface area contributed by atoms with Crippen molar-refractivity contribution in [2.24, 2.45) is 4.40 Å². The zero-order valence-electron chi connectivity index (χ0n) is 16.4. The van der Waals surface area contributed by atoms with Crippen molar-refractivity contribution < 1.29 is 21.6 Å². The molecule has 0 radical (unpaired) electrons. The standard InChI is InChI=1S/C20H17ClN4O5S2/c21-15-5-7-18(8-6-15)32(29,30)23-17-3-1-2-16(12-17)22-20(26)14-4-9-19-24-31(27,28)11-10-25(19)13-14/h1-9,12-13,23H,10-11H2,(H,22,26). The number of anilines is 2. The summed E-state index contributed by atoms with van der Waals surface area (Å²) in [5.41, 5.74) is 0.943. The highest BCUT2D eigenvalue weighted by Gasteiger charge is 2.25. The van der Waals surface area contributed by atoms with Gasteiger partial charge in [0.2, 0.25) is 0 Å². The lowest BCUT2D eigenvalue weighted by Gasteiger charge is -2.26. The number of hydrogen-bond acceptors (Lipinski definition) is 6. The Morgan fingerprint density at radius 2 is 1.78 bits per heavy atom. The smallest absolute Gasteiger partial charge is 0.261 e. The number of hydrogen-bond donors (Lipinski definition) is 2. The Balaban J connectivity index is 1.48. The highest BCUT2D eigenvalue weighted by molar-refractivity contribution is 7.92. The fraction of sp³-hybridized carbons (Fsp3) is 0.100. The molecule has 9 nitrogen and oxygen atoms in total. The van der Waals surface area contributed by atoms with Crippen LogP contribution in [0.4, 0.5) is 11.4 Å². The fourth-order valence-corrected chi connectivity index (χ4v) is 5.17. The summed E-state index contributed by atoms with van der Waals surface area (Å²) < 4.78 is 54.4. The summed E-state index contributed by atoms with van der Waals surface area (Å²) in [6.07, 6.45) is 4.46. The number of nitrogens with one attached hydrogen (secondary N) is 2. The minimum atomic E-state index is -3.83. The number of nitrogens with zero attached hydrogens (tertiary/aromatic N) is 2. The molecule has 0 saturated heterocycles. The third-order valence-corrected chi connectivity index (χ3v) is 7.40. The normalized spacial score (nSPS) is 17.1. The third kappa shape index (κ3) is 5.01. The van der Waals surface area contributed by atoms with Crippen LogP contribution >= 0.6 is 11.6 Å². The Labute approximate surface area is 190 Å². The molecule has 0 unspecified atom stereocenters. The number of carbonyl (C=O) groups is 1. The molecule has 2 aromatic carbocycles. The molecule has 32 heavy (non-hydrogen) atoms. The summed E-state index contributed by atoms with van der Waals surface area (Å²) in [7, 11) is -7.31. The van der Waals surface area contributed by atoms with E-state index in [1.807, 2.05) is 0 Å². The van der Waals surface area contributed by atoms with E-state index in [0.717, 1.165) is 0 Å². The van der Waals surface area contributed by atoms with Crippen LogP contribution in [-0.4, -0.2) is 45.8 Å². The Morgan fingerprint density at radius 1 is 1.06 bits per heavy atom. The van der Waals surface area contributed by atoms with E-state index in [-0.39, 0.29) is 28.7 Å². The molecule has 0 saturated carbocycles. The average Bonchev–Trinajstić information content (AvgIpc) is 2.73. The second kappa shape index (κ2) is 8.41. The number of benzene rings is 2. The van der Waals surface area contributed by atoms with Gasteiger partial charge in [0.1, 0.15) is 5.84 Å². The van der Waals surface area contributed by atoms with Crippen LogP contribution < -0.4 is 10.0 Å². The van der Waals surface area contributed by atoms with E-state index in [1.54, 1.807) is 23.1 Å². The molecule has 0 aromatic heterocycles. The Bertz CT molecular complexity index is 1380. The number of rotatable bonds is 5. The molecule has 0 aliphatic carbocycles. The third-order valence-electron chi connectivity index (χ3n) is 4.58. The molecule has 2 aliphatic rings. The van der Waals surface area contributed by atoms with Crippen molar-refractivity contribution in [3.8, 4) is 0 Å². The van der Waals surface area contributed by atoms with Crippen LogP contribution in [0.2, 0.25) is 5.02 Å². The van der Waals surface area contributed by atoms with Crippen LogP contribution in [0.3, 0.4) is 0 Å². The molecule has 2 N–H and O–H groups in total. The van der Waals surface area contributed by atoms with Gasteiger partial charge in [-0.05, 0) is 54.6 Å². The first-order valence-corrected chi connectivity index (χ1v) is 12.8. The van der Waals surface area contributed by atoms with E-state index in [2.05, 4.69) is 14.4 Å². The van der Waals surface area contributed by atoms with Crippen LogP contribution in [0.1, 0.15) is 0 Å². The largest absolute Gasteiger partial charge is 0.330 e. The molecular formula is C20H17ClN4O5S2. The van der Waals surface area contributed by atoms with Crippen molar-refractivity contribution in [3.63, 3.8) is 0 Å². The minimum Gasteiger partial charge on any atom is -0.330 e. The van der Waals surface area contributed by atoms with Crippen molar-refractivity contribution in [2.75, 3.05) is 22.3 Å². The maximum Gasteiger partial charge on any atom is 0.261 e. The van der Waals surface area contributed by atoms with E-state index in [0.29, 0.717) is 16.3 Å². The fourth-order valence-electron chi connectivity index (χ4n) is 3.03. The maximum atomic E-state index is 12.7. The summed E-state index contributed by atoms with van der Waals surface area (Å²) in [5.74, 6) is -0.316. The second-order valence-corrected chi connectivity index (χ2v) is 10.8. The maximum absolute atomic E-state index is 12.7. The van der Waals surface area contributed by atoms with Crippen molar-refractivity contribution in [3.05, 3.63) is 77.5 Å². The Hall–Kier alpha value is -3.15. The van der Waals surface area contributed by atoms with Gasteiger partial charge in [-0.3, -0.25) is 9.52 Å². The molecule has 1 amide bonds. The van der Waals surface area contributed by atoms with Crippen molar-refractivity contribution in [1.29, 1.82) is 0 Å². The van der Waals surface area contributed by atoms with Gasteiger partial charge in [-0.1, -0.05) is 17.7 Å². The number of halogens is 1. The average molecular weight is 493 g/mol. The van der Waals surface area contributed by atoms with E-state index in [9.17, 15) is 21.6 Å². The zero-order chi connectivity index (χ0) is 22.9. The van der Waals surface area contributed by atoms with E-state index in [4.69, 9.17) is 11.6 Å². The first-order chi connectivity index (χ1) is 15.1. The Morgan fingerprint density at radius 3 is 2.53 bits per heavy atom. The van der Waals surface area contributed by atoms with E-state index < -0.39 is 26.0 Å². The monoisotopic (exact) mass is 492 g/mol. The van der Waals surface area contributed by atoms with Crippen LogP contribution in [0.5, 0.6) is 0 Å². The van der Waals surface area contributed by atoms with Gasteiger partial charge < -0.3 is 10.2 Å². The lowest BCUT2D eigenvalue weighted by molar-refractivity contribution is -0.112. The summed E-state index contributed by atoms with van der Waals surface area (Å²) >= 11 is 5.80. The highest BCUT2D eigenvalue weighted by atomic mass is 35.5. The molecule has 12 heteroatoms. The van der Waals surface area contributed by atoms with Crippen LogP contribution in [-0.2, 0) is 24.8 Å². The van der Waals surface area contributed by atoms with Gasteiger partial charge in [-0.2, -0.15) is 0 Å². The van der Waals surface area contributed by atoms with Crippen molar-refractivity contribution >= 4 is 54.8 Å². The van der Waals surface area contributed by atoms with Crippen LogP contribution in [0, 0.1) is 0 Å².